The van der Waals surface area contributed by atoms with Gasteiger partial charge in [0.2, 0.25) is 0 Å². The van der Waals surface area contributed by atoms with Crippen LogP contribution in [0.2, 0.25) is 0 Å². The topological polar surface area (TPSA) is 28.7 Å². The number of nitrogens with zero attached hydrogens (tertiary/aromatic N) is 3. The predicted molar refractivity (Wildman–Crippen MR) is 135 cm³/mol. The van der Waals surface area contributed by atoms with Crippen molar-refractivity contribution in [2.75, 3.05) is 18.5 Å². The lowest BCUT2D eigenvalue weighted by Gasteiger charge is -2.18. The van der Waals surface area contributed by atoms with Crippen molar-refractivity contribution in [1.29, 1.82) is 0 Å². The molecule has 36 heavy (non-hydrogen) atoms. The number of halogens is 3. The third-order valence-corrected chi connectivity index (χ3v) is 10.2. The van der Waals surface area contributed by atoms with Crippen molar-refractivity contribution in [3.05, 3.63) is 88.8 Å². The van der Waals surface area contributed by atoms with Gasteiger partial charge in [0.1, 0.15) is 21.1 Å². The molecule has 0 fully saturated rings. The summed E-state index contributed by atoms with van der Waals surface area (Å²) in [4.78, 5) is 0. The smallest absolute Gasteiger partial charge is 0.177 e. The molecule has 3 rings (SSSR count). The highest BCUT2D eigenvalue weighted by Crippen LogP contribution is 2.47. The van der Waals surface area contributed by atoms with Crippen molar-refractivity contribution in [3.63, 3.8) is 0 Å². The third-order valence-electron chi connectivity index (χ3n) is 7.01. The van der Waals surface area contributed by atoms with E-state index >= 15 is 0 Å². The molecule has 0 aromatic carbocycles. The fourth-order valence-electron chi connectivity index (χ4n) is 4.23. The van der Waals surface area contributed by atoms with Crippen LogP contribution in [0.4, 0.5) is 0 Å². The van der Waals surface area contributed by atoms with E-state index in [0.717, 1.165) is 44.2 Å². The molecule has 3 heterocycles. The van der Waals surface area contributed by atoms with Crippen LogP contribution in [-0.4, -0.2) is 18.5 Å². The number of rotatable bonds is 10. The monoisotopic (exact) mass is 847 g/mol. The zero-order chi connectivity index (χ0) is 24.0. The first-order valence-electron chi connectivity index (χ1n) is 12.1. The Morgan fingerprint density at radius 2 is 0.889 bits per heavy atom. The summed E-state index contributed by atoms with van der Waals surface area (Å²) in [5.74, 6) is 0. The van der Waals surface area contributed by atoms with Gasteiger partial charge >= 0.3 is 0 Å². The Labute approximate surface area is 269 Å². The van der Waals surface area contributed by atoms with Crippen molar-refractivity contribution in [3.8, 4) is 0 Å². The van der Waals surface area contributed by atoms with Crippen molar-refractivity contribution in [1.82, 2.24) is 0 Å². The Morgan fingerprint density at radius 3 is 1.22 bits per heavy atom. The Kier molecular flexibility index (Phi) is 16.7. The average molecular weight is 847 g/mol. The maximum atomic E-state index is 14.2. The number of hydrogen-bond acceptors (Lipinski definition) is 1. The fraction of sp³-hybridized carbons (Fsp3) is 0.464. The first-order valence-corrected chi connectivity index (χ1v) is 14.3. The van der Waals surface area contributed by atoms with Gasteiger partial charge in [-0.25, -0.2) is 13.7 Å². The molecule has 0 radical (unpaired) electrons. The van der Waals surface area contributed by atoms with E-state index in [4.69, 9.17) is 0 Å². The summed E-state index contributed by atoms with van der Waals surface area (Å²) < 4.78 is 20.6. The zero-order valence-electron chi connectivity index (χ0n) is 22.5. The van der Waals surface area contributed by atoms with Gasteiger partial charge in [0.15, 0.2) is 35.7 Å². The van der Waals surface area contributed by atoms with E-state index in [0.29, 0.717) is 0 Å². The average Bonchev–Trinajstić information content (AvgIpc) is 2.78. The summed E-state index contributed by atoms with van der Waals surface area (Å²) in [7, 11) is 3.96. The van der Waals surface area contributed by atoms with E-state index in [1.165, 1.54) is 33.8 Å². The van der Waals surface area contributed by atoms with Gasteiger partial charge in [-0.05, 0) is 43.9 Å². The summed E-state index contributed by atoms with van der Waals surface area (Å²) in [5.41, 5.74) is 7.60. The van der Waals surface area contributed by atoms with Crippen LogP contribution in [0.5, 0.6) is 0 Å². The second-order valence-corrected chi connectivity index (χ2v) is 13.2. The van der Waals surface area contributed by atoms with Crippen LogP contribution in [0.3, 0.4) is 0 Å². The lowest BCUT2D eigenvalue weighted by molar-refractivity contribution is -0.678. The molecule has 0 amide bonds. The molecule has 200 valence electrons. The Morgan fingerprint density at radius 1 is 0.556 bits per heavy atom. The Hall–Kier alpha value is -0.130. The molecular weight excluding hydrogens is 806 g/mol. The van der Waals surface area contributed by atoms with E-state index in [1.54, 1.807) is 0 Å². The van der Waals surface area contributed by atoms with Gasteiger partial charge in [0.25, 0.3) is 0 Å². The van der Waals surface area contributed by atoms with Crippen molar-refractivity contribution in [2.45, 2.75) is 46.5 Å². The minimum Gasteiger partial charge on any atom is -1.00 e. The summed E-state index contributed by atoms with van der Waals surface area (Å²) in [5, 5.41) is 0. The fourth-order valence-corrected chi connectivity index (χ4v) is 6.97. The highest BCUT2D eigenvalue weighted by molar-refractivity contribution is 7.63. The van der Waals surface area contributed by atoms with Crippen LogP contribution in [0, 0.1) is 20.8 Å². The van der Waals surface area contributed by atoms with E-state index in [2.05, 4.69) is 111 Å². The van der Waals surface area contributed by atoms with Crippen LogP contribution >= 0.6 is 7.14 Å². The molecule has 0 spiro atoms. The van der Waals surface area contributed by atoms with Crippen LogP contribution in [-0.2, 0) is 45.0 Å². The van der Waals surface area contributed by atoms with Crippen LogP contribution in [0.25, 0.3) is 0 Å². The standard InChI is InChI=1S/C28H41N3OP.3HI/c1-23-9-12-26(20-29(23)4)8-7-17-33(32,18-15-27-13-10-24(2)30(5)21-27)19-16-28-14-11-25(3)31(6)22-28;;;/h9-14,20-22H,7-8,15-19H2,1-6H3;3*1H/q+3;;;/p-3. The molecule has 8 heteroatoms. The minimum absolute atomic E-state index is 0. The van der Waals surface area contributed by atoms with Crippen LogP contribution in [0.1, 0.15) is 40.2 Å². The SMILES string of the molecule is Cc1ccc(CCCP(=O)(CCc2ccc(C)[n+](C)c2)CCc2ccc(C)[n+](C)c2)c[n+]1C.[I-].[I-].[I-]. The second-order valence-electron chi connectivity index (χ2n) is 9.70. The van der Waals surface area contributed by atoms with Crippen LogP contribution in [0.15, 0.2) is 55.0 Å². The van der Waals surface area contributed by atoms with Gasteiger partial charge in [0.05, 0.1) is 7.14 Å². The van der Waals surface area contributed by atoms with Gasteiger partial charge in [0, 0.05) is 74.1 Å². The molecule has 0 bridgehead atoms. The van der Waals surface area contributed by atoms with Crippen molar-refractivity contribution in [2.24, 2.45) is 21.1 Å². The highest BCUT2D eigenvalue weighted by Gasteiger charge is 2.23. The van der Waals surface area contributed by atoms with E-state index < -0.39 is 7.14 Å². The normalized spacial score (nSPS) is 10.7. The molecule has 3 aromatic rings. The Bertz CT molecular complexity index is 1110. The molecule has 0 N–H and O–H groups in total. The van der Waals surface area contributed by atoms with Gasteiger partial charge in [-0.15, -0.1) is 0 Å². The molecular formula is C28H41I3N3OP. The predicted octanol–water partition coefficient (Wildman–Crippen LogP) is -5.12. The number of hydrogen-bond donors (Lipinski definition) is 0. The summed E-state index contributed by atoms with van der Waals surface area (Å²) in [6.07, 6.45) is 12.7. The number of aryl methyl sites for hydroxylation is 9. The van der Waals surface area contributed by atoms with Crippen molar-refractivity contribution >= 4 is 7.14 Å². The van der Waals surface area contributed by atoms with E-state index in [-0.39, 0.29) is 71.9 Å². The van der Waals surface area contributed by atoms with Crippen LogP contribution < -0.4 is 85.6 Å². The molecule has 4 nitrogen and oxygen atoms in total. The Balaban J connectivity index is 0.00000408. The van der Waals surface area contributed by atoms with Gasteiger partial charge < -0.3 is 76.5 Å². The minimum atomic E-state index is -2.29. The lowest BCUT2D eigenvalue weighted by Crippen LogP contribution is -3.00. The first-order chi connectivity index (χ1) is 15.6. The van der Waals surface area contributed by atoms with Gasteiger partial charge in [-0.1, -0.05) is 0 Å². The molecule has 0 unspecified atom stereocenters. The molecule has 0 aliphatic rings. The number of pyridine rings is 3. The molecule has 0 aliphatic heterocycles. The van der Waals surface area contributed by atoms with E-state index in [9.17, 15) is 4.57 Å². The summed E-state index contributed by atoms with van der Waals surface area (Å²) >= 11 is 0. The summed E-state index contributed by atoms with van der Waals surface area (Å²) in [6, 6.07) is 13.1. The largest absolute Gasteiger partial charge is 1.00 e. The number of aromatic nitrogens is 3. The quantitative estimate of drug-likeness (QED) is 0.114. The molecule has 0 saturated carbocycles. The second kappa shape index (κ2) is 16.7. The maximum absolute atomic E-state index is 14.2. The summed E-state index contributed by atoms with van der Waals surface area (Å²) in [6.45, 7) is 6.34. The van der Waals surface area contributed by atoms with Crippen molar-refractivity contribution < 1.29 is 90.2 Å². The first kappa shape index (κ1) is 35.9. The van der Waals surface area contributed by atoms with Gasteiger partial charge in [-0.2, -0.15) is 0 Å². The zero-order valence-corrected chi connectivity index (χ0v) is 29.8. The van der Waals surface area contributed by atoms with Gasteiger partial charge in [-0.3, -0.25) is 0 Å². The molecule has 0 saturated heterocycles. The molecule has 3 aromatic heterocycles. The maximum Gasteiger partial charge on any atom is 0.177 e. The molecule has 0 aliphatic carbocycles. The lowest BCUT2D eigenvalue weighted by atomic mass is 10.1. The molecule has 0 atom stereocenters. The third kappa shape index (κ3) is 10.9. The van der Waals surface area contributed by atoms with E-state index in [1.807, 2.05) is 0 Å². The highest BCUT2D eigenvalue weighted by atomic mass is 127.